The lowest BCUT2D eigenvalue weighted by atomic mass is 9.77. The molecule has 1 aliphatic rings. The van der Waals surface area contributed by atoms with Gasteiger partial charge in [0.05, 0.1) is 0 Å². The highest BCUT2D eigenvalue weighted by atomic mass is 19.4. The number of rotatable bonds is 2. The molecule has 14 heavy (non-hydrogen) atoms. The summed E-state index contributed by atoms with van der Waals surface area (Å²) in [7, 11) is 1.15. The zero-order valence-corrected chi connectivity index (χ0v) is 8.66. The maximum atomic E-state index is 12.8. The fourth-order valence-electron chi connectivity index (χ4n) is 2.17. The van der Waals surface area contributed by atoms with E-state index in [9.17, 15) is 13.2 Å². The summed E-state index contributed by atoms with van der Waals surface area (Å²) in [6, 6.07) is 0. The van der Waals surface area contributed by atoms with Crippen LogP contribution in [0.3, 0.4) is 0 Å². The van der Waals surface area contributed by atoms with Crippen molar-refractivity contribution in [3.8, 4) is 0 Å². The molecule has 1 saturated carbocycles. The Labute approximate surface area is 82.6 Å². The molecule has 0 saturated heterocycles. The van der Waals surface area contributed by atoms with Gasteiger partial charge in [-0.1, -0.05) is 19.3 Å². The maximum absolute atomic E-state index is 12.8. The molecule has 0 aromatic heterocycles. The largest absolute Gasteiger partial charge is 0.417 e. The van der Waals surface area contributed by atoms with Crippen molar-refractivity contribution in [2.75, 3.05) is 7.11 Å². The van der Waals surface area contributed by atoms with Gasteiger partial charge in [0.1, 0.15) is 0 Å². The van der Waals surface area contributed by atoms with Crippen LogP contribution in [0.1, 0.15) is 39.0 Å². The van der Waals surface area contributed by atoms with Gasteiger partial charge in [0.25, 0.3) is 0 Å². The van der Waals surface area contributed by atoms with Crippen molar-refractivity contribution in [1.29, 1.82) is 0 Å². The van der Waals surface area contributed by atoms with Gasteiger partial charge in [0, 0.05) is 7.11 Å². The van der Waals surface area contributed by atoms with Crippen molar-refractivity contribution in [2.45, 2.75) is 50.8 Å². The van der Waals surface area contributed by atoms with Crippen LogP contribution in [0.15, 0.2) is 0 Å². The van der Waals surface area contributed by atoms with E-state index in [1.54, 1.807) is 0 Å². The minimum atomic E-state index is -4.26. The standard InChI is InChI=1S/C10H17F3O/c1-9(14-2,10(11,12)13)8-6-4-3-5-7-8/h8H,3-7H2,1-2H3. The van der Waals surface area contributed by atoms with Gasteiger partial charge in [-0.25, -0.2) is 0 Å². The van der Waals surface area contributed by atoms with Gasteiger partial charge < -0.3 is 4.74 Å². The SMILES string of the molecule is COC(C)(C1CCCCC1)C(F)(F)F. The van der Waals surface area contributed by atoms with Crippen LogP contribution in [0.4, 0.5) is 13.2 Å². The molecule has 1 unspecified atom stereocenters. The van der Waals surface area contributed by atoms with Gasteiger partial charge in [-0.05, 0) is 25.7 Å². The Morgan fingerprint density at radius 1 is 1.07 bits per heavy atom. The molecule has 0 amide bonds. The fraction of sp³-hybridized carbons (Fsp3) is 1.00. The zero-order chi connectivity index (χ0) is 10.8. The van der Waals surface area contributed by atoms with Crippen LogP contribution in [-0.2, 0) is 4.74 Å². The third-order valence-corrected chi connectivity index (χ3v) is 3.37. The molecule has 1 rings (SSSR count). The summed E-state index contributed by atoms with van der Waals surface area (Å²) in [4.78, 5) is 0. The maximum Gasteiger partial charge on any atom is 0.417 e. The van der Waals surface area contributed by atoms with E-state index < -0.39 is 11.8 Å². The van der Waals surface area contributed by atoms with E-state index in [1.165, 1.54) is 6.92 Å². The second-order valence-electron chi connectivity index (χ2n) is 4.14. The minimum Gasteiger partial charge on any atom is -0.369 e. The molecule has 1 fully saturated rings. The zero-order valence-electron chi connectivity index (χ0n) is 8.66. The first-order valence-corrected chi connectivity index (χ1v) is 5.03. The van der Waals surface area contributed by atoms with Crippen LogP contribution in [-0.4, -0.2) is 18.9 Å². The Morgan fingerprint density at radius 3 is 1.93 bits per heavy atom. The highest BCUT2D eigenvalue weighted by molar-refractivity contribution is 4.91. The predicted octanol–water partition coefficient (Wildman–Crippen LogP) is 3.53. The van der Waals surface area contributed by atoms with Crippen LogP contribution in [0.2, 0.25) is 0 Å². The summed E-state index contributed by atoms with van der Waals surface area (Å²) >= 11 is 0. The van der Waals surface area contributed by atoms with E-state index >= 15 is 0 Å². The first-order chi connectivity index (χ1) is 6.42. The Balaban J connectivity index is 2.77. The van der Waals surface area contributed by atoms with E-state index in [0.29, 0.717) is 12.8 Å². The molecule has 0 spiro atoms. The lowest BCUT2D eigenvalue weighted by molar-refractivity contribution is -0.284. The first kappa shape index (κ1) is 11.8. The molecule has 0 aromatic rings. The van der Waals surface area contributed by atoms with E-state index in [4.69, 9.17) is 4.74 Å². The average molecular weight is 210 g/mol. The molecule has 1 aliphatic carbocycles. The molecule has 0 heterocycles. The van der Waals surface area contributed by atoms with Crippen molar-refractivity contribution in [3.63, 3.8) is 0 Å². The molecule has 84 valence electrons. The van der Waals surface area contributed by atoms with Crippen molar-refractivity contribution < 1.29 is 17.9 Å². The van der Waals surface area contributed by atoms with Gasteiger partial charge >= 0.3 is 6.18 Å². The first-order valence-electron chi connectivity index (χ1n) is 5.03. The highest BCUT2D eigenvalue weighted by Crippen LogP contribution is 2.44. The van der Waals surface area contributed by atoms with Crippen molar-refractivity contribution in [1.82, 2.24) is 0 Å². The molecule has 4 heteroatoms. The van der Waals surface area contributed by atoms with Crippen LogP contribution >= 0.6 is 0 Å². The number of ether oxygens (including phenoxy) is 1. The molecule has 1 atom stereocenters. The minimum absolute atomic E-state index is 0.374. The summed E-state index contributed by atoms with van der Waals surface area (Å²) in [6.45, 7) is 1.17. The topological polar surface area (TPSA) is 9.23 Å². The van der Waals surface area contributed by atoms with Crippen LogP contribution in [0, 0.1) is 5.92 Å². The summed E-state index contributed by atoms with van der Waals surface area (Å²) in [6.07, 6.45) is -0.176. The van der Waals surface area contributed by atoms with Crippen molar-refractivity contribution in [3.05, 3.63) is 0 Å². The van der Waals surface area contributed by atoms with E-state index in [2.05, 4.69) is 0 Å². The fourth-order valence-corrected chi connectivity index (χ4v) is 2.17. The highest BCUT2D eigenvalue weighted by Gasteiger charge is 2.56. The number of hydrogen-bond donors (Lipinski definition) is 0. The number of halogens is 3. The monoisotopic (exact) mass is 210 g/mol. The smallest absolute Gasteiger partial charge is 0.369 e. The summed E-state index contributed by atoms with van der Waals surface area (Å²) in [5.41, 5.74) is -1.95. The lowest BCUT2D eigenvalue weighted by Crippen LogP contribution is -2.50. The Bertz CT molecular complexity index is 184. The molecule has 0 bridgehead atoms. The molecular weight excluding hydrogens is 193 g/mol. The van der Waals surface area contributed by atoms with Gasteiger partial charge in [0.2, 0.25) is 0 Å². The number of methoxy groups -OCH3 is 1. The van der Waals surface area contributed by atoms with Gasteiger partial charge in [-0.2, -0.15) is 13.2 Å². The quantitative estimate of drug-likeness (QED) is 0.677. The normalized spacial score (nSPS) is 24.6. The molecule has 0 N–H and O–H groups in total. The summed E-state index contributed by atoms with van der Waals surface area (Å²) in [5, 5.41) is 0. The van der Waals surface area contributed by atoms with Crippen molar-refractivity contribution in [2.24, 2.45) is 5.92 Å². The lowest BCUT2D eigenvalue weighted by Gasteiger charge is -2.39. The summed E-state index contributed by atoms with van der Waals surface area (Å²) in [5.74, 6) is -0.374. The predicted molar refractivity (Wildman–Crippen MR) is 48.0 cm³/mol. The number of hydrogen-bond acceptors (Lipinski definition) is 1. The Hall–Kier alpha value is -0.250. The average Bonchev–Trinajstić information content (AvgIpc) is 2.16. The Morgan fingerprint density at radius 2 is 1.57 bits per heavy atom. The molecular formula is C10H17F3O. The van der Waals surface area contributed by atoms with Gasteiger partial charge in [0.15, 0.2) is 5.60 Å². The molecule has 0 aromatic carbocycles. The van der Waals surface area contributed by atoms with Crippen molar-refractivity contribution >= 4 is 0 Å². The number of alkyl halides is 3. The molecule has 0 radical (unpaired) electrons. The van der Waals surface area contributed by atoms with Crippen LogP contribution in [0.25, 0.3) is 0 Å². The van der Waals surface area contributed by atoms with E-state index in [-0.39, 0.29) is 5.92 Å². The van der Waals surface area contributed by atoms with Gasteiger partial charge in [-0.15, -0.1) is 0 Å². The van der Waals surface area contributed by atoms with Crippen LogP contribution in [0.5, 0.6) is 0 Å². The van der Waals surface area contributed by atoms with E-state index in [0.717, 1.165) is 26.4 Å². The molecule has 1 nitrogen and oxygen atoms in total. The molecule has 0 aliphatic heterocycles. The van der Waals surface area contributed by atoms with Gasteiger partial charge in [-0.3, -0.25) is 0 Å². The summed E-state index contributed by atoms with van der Waals surface area (Å²) < 4.78 is 43.0. The Kier molecular flexibility index (Phi) is 3.45. The second kappa shape index (κ2) is 4.09. The third kappa shape index (κ3) is 2.05. The van der Waals surface area contributed by atoms with Crippen LogP contribution < -0.4 is 0 Å². The third-order valence-electron chi connectivity index (χ3n) is 3.37. The van der Waals surface area contributed by atoms with E-state index in [1.807, 2.05) is 0 Å². The second-order valence-corrected chi connectivity index (χ2v) is 4.14.